The van der Waals surface area contributed by atoms with Crippen LogP contribution in [0.15, 0.2) is 55.1 Å². The number of amides is 1. The standard InChI is InChI=1S/C21H22N6OS/c1-2-17(18-9-10-24-21(26-18)27-29-16-7-8-16)20(28)25-15-5-3-14(4-6-15)19-13-22-11-12-23-19/h3-6,9-13,16-17H,2,7-8H2,1H3,(H,25,28)(H,24,26,27). The van der Waals surface area contributed by atoms with Gasteiger partial charge in [0.1, 0.15) is 0 Å². The largest absolute Gasteiger partial charge is 0.326 e. The number of nitrogens with one attached hydrogen (secondary N) is 2. The topological polar surface area (TPSA) is 92.7 Å². The second kappa shape index (κ2) is 9.00. The Balaban J connectivity index is 1.43. The van der Waals surface area contributed by atoms with Gasteiger partial charge in [-0.2, -0.15) is 0 Å². The van der Waals surface area contributed by atoms with Crippen LogP contribution < -0.4 is 10.0 Å². The number of nitrogens with zero attached hydrogens (tertiary/aromatic N) is 4. The zero-order valence-electron chi connectivity index (χ0n) is 16.1. The molecule has 8 heteroatoms. The molecule has 29 heavy (non-hydrogen) atoms. The average Bonchev–Trinajstić information content (AvgIpc) is 3.59. The lowest BCUT2D eigenvalue weighted by Gasteiger charge is -2.15. The van der Waals surface area contributed by atoms with Crippen molar-refractivity contribution >= 4 is 29.5 Å². The van der Waals surface area contributed by atoms with E-state index in [9.17, 15) is 4.79 Å². The van der Waals surface area contributed by atoms with Gasteiger partial charge in [-0.05, 0) is 49.4 Å². The zero-order chi connectivity index (χ0) is 20.1. The van der Waals surface area contributed by atoms with Gasteiger partial charge < -0.3 is 5.32 Å². The molecule has 1 aliphatic rings. The summed E-state index contributed by atoms with van der Waals surface area (Å²) in [5.41, 5.74) is 3.19. The summed E-state index contributed by atoms with van der Waals surface area (Å²) in [4.78, 5) is 30.0. The molecule has 0 bridgehead atoms. The third-order valence-corrected chi connectivity index (χ3v) is 5.72. The fraction of sp³-hybridized carbons (Fsp3) is 0.286. The molecule has 1 fully saturated rings. The molecule has 0 saturated heterocycles. The highest BCUT2D eigenvalue weighted by atomic mass is 32.2. The van der Waals surface area contributed by atoms with Crippen LogP contribution in [-0.2, 0) is 4.79 Å². The van der Waals surface area contributed by atoms with Gasteiger partial charge in [0.05, 0.1) is 23.5 Å². The highest BCUT2D eigenvalue weighted by molar-refractivity contribution is 8.01. The highest BCUT2D eigenvalue weighted by Gasteiger charge is 2.24. The van der Waals surface area contributed by atoms with E-state index in [1.54, 1.807) is 42.8 Å². The predicted octanol–water partition coefficient (Wildman–Crippen LogP) is 4.29. The Morgan fingerprint density at radius 2 is 1.97 bits per heavy atom. The normalized spacial score (nSPS) is 14.2. The van der Waals surface area contributed by atoms with Crippen molar-refractivity contribution in [2.24, 2.45) is 0 Å². The summed E-state index contributed by atoms with van der Waals surface area (Å²) >= 11 is 1.65. The fourth-order valence-electron chi connectivity index (χ4n) is 2.87. The van der Waals surface area contributed by atoms with Gasteiger partial charge in [0, 0.05) is 35.1 Å². The lowest BCUT2D eigenvalue weighted by molar-refractivity contribution is -0.117. The van der Waals surface area contributed by atoms with E-state index < -0.39 is 0 Å². The third kappa shape index (κ3) is 5.08. The van der Waals surface area contributed by atoms with Crippen LogP contribution in [0.2, 0.25) is 0 Å². The van der Waals surface area contributed by atoms with E-state index in [0.29, 0.717) is 17.6 Å². The minimum Gasteiger partial charge on any atom is -0.326 e. The van der Waals surface area contributed by atoms with E-state index in [0.717, 1.165) is 22.6 Å². The van der Waals surface area contributed by atoms with Crippen LogP contribution in [0.25, 0.3) is 11.3 Å². The first-order chi connectivity index (χ1) is 14.2. The molecule has 1 aliphatic carbocycles. The first kappa shape index (κ1) is 19.3. The summed E-state index contributed by atoms with van der Waals surface area (Å²) in [6.45, 7) is 1.98. The number of rotatable bonds is 8. The molecule has 1 saturated carbocycles. The Morgan fingerprint density at radius 1 is 1.14 bits per heavy atom. The van der Waals surface area contributed by atoms with E-state index in [2.05, 4.69) is 30.0 Å². The Bertz CT molecular complexity index is 962. The molecule has 4 rings (SSSR count). The van der Waals surface area contributed by atoms with Crippen molar-refractivity contribution in [1.82, 2.24) is 19.9 Å². The Morgan fingerprint density at radius 3 is 2.66 bits per heavy atom. The monoisotopic (exact) mass is 406 g/mol. The third-order valence-electron chi connectivity index (χ3n) is 4.61. The molecule has 0 aliphatic heterocycles. The molecule has 148 valence electrons. The Labute approximate surface area is 173 Å². The van der Waals surface area contributed by atoms with Crippen molar-refractivity contribution < 1.29 is 4.79 Å². The summed E-state index contributed by atoms with van der Waals surface area (Å²) < 4.78 is 3.19. The first-order valence-electron chi connectivity index (χ1n) is 9.65. The van der Waals surface area contributed by atoms with Gasteiger partial charge in [-0.3, -0.25) is 19.5 Å². The van der Waals surface area contributed by atoms with Crippen molar-refractivity contribution in [3.05, 3.63) is 60.8 Å². The number of carbonyl (C=O) groups is 1. The molecule has 0 spiro atoms. The smallest absolute Gasteiger partial charge is 0.233 e. The first-order valence-corrected chi connectivity index (χ1v) is 10.5. The van der Waals surface area contributed by atoms with E-state index in [1.165, 1.54) is 12.8 Å². The SMILES string of the molecule is CCC(C(=O)Nc1ccc(-c2cnccn2)cc1)c1ccnc(NSC2CC2)n1. The van der Waals surface area contributed by atoms with Crippen molar-refractivity contribution in [3.63, 3.8) is 0 Å². The second-order valence-electron chi connectivity index (χ2n) is 6.84. The Hall–Kier alpha value is -3.00. The number of aromatic nitrogens is 4. The molecule has 7 nitrogen and oxygen atoms in total. The van der Waals surface area contributed by atoms with Crippen molar-refractivity contribution in [1.29, 1.82) is 0 Å². The molecule has 1 amide bonds. The molecule has 2 heterocycles. The molecule has 2 N–H and O–H groups in total. The van der Waals surface area contributed by atoms with Crippen molar-refractivity contribution in [2.75, 3.05) is 10.0 Å². The lowest BCUT2D eigenvalue weighted by atomic mass is 10.0. The van der Waals surface area contributed by atoms with Crippen LogP contribution in [0.3, 0.4) is 0 Å². The second-order valence-corrected chi connectivity index (χ2v) is 7.95. The molecule has 3 aromatic rings. The van der Waals surface area contributed by atoms with Gasteiger partial charge in [-0.1, -0.05) is 19.1 Å². The van der Waals surface area contributed by atoms with E-state index in [4.69, 9.17) is 0 Å². The maximum Gasteiger partial charge on any atom is 0.233 e. The van der Waals surface area contributed by atoms with Crippen molar-refractivity contribution in [2.45, 2.75) is 37.4 Å². The van der Waals surface area contributed by atoms with Gasteiger partial charge in [-0.25, -0.2) is 9.97 Å². The van der Waals surface area contributed by atoms with Gasteiger partial charge in [-0.15, -0.1) is 0 Å². The number of hydrogen-bond donors (Lipinski definition) is 2. The maximum absolute atomic E-state index is 12.9. The maximum atomic E-state index is 12.9. The van der Waals surface area contributed by atoms with Crippen LogP contribution in [0.4, 0.5) is 11.6 Å². The van der Waals surface area contributed by atoms with Crippen LogP contribution in [-0.4, -0.2) is 31.1 Å². The van der Waals surface area contributed by atoms with Crippen LogP contribution in [0, 0.1) is 0 Å². The van der Waals surface area contributed by atoms with E-state index >= 15 is 0 Å². The molecule has 1 unspecified atom stereocenters. The average molecular weight is 407 g/mol. The lowest BCUT2D eigenvalue weighted by Crippen LogP contribution is -2.21. The van der Waals surface area contributed by atoms with Crippen molar-refractivity contribution in [3.8, 4) is 11.3 Å². The van der Waals surface area contributed by atoms with Gasteiger partial charge >= 0.3 is 0 Å². The number of benzene rings is 1. The zero-order valence-corrected chi connectivity index (χ0v) is 16.9. The van der Waals surface area contributed by atoms with Gasteiger partial charge in [0.25, 0.3) is 0 Å². The molecule has 1 aromatic carbocycles. The predicted molar refractivity (Wildman–Crippen MR) is 115 cm³/mol. The number of hydrogen-bond acceptors (Lipinski definition) is 7. The molecular weight excluding hydrogens is 384 g/mol. The molecular formula is C21H22N6OS. The van der Waals surface area contributed by atoms with Crippen LogP contribution in [0.5, 0.6) is 0 Å². The minimum absolute atomic E-state index is 0.0840. The van der Waals surface area contributed by atoms with E-state index in [-0.39, 0.29) is 11.8 Å². The summed E-state index contributed by atoms with van der Waals surface area (Å²) in [5.74, 6) is 0.127. The molecule has 0 radical (unpaired) electrons. The van der Waals surface area contributed by atoms with Gasteiger partial charge in [0.2, 0.25) is 11.9 Å². The minimum atomic E-state index is -0.343. The summed E-state index contributed by atoms with van der Waals surface area (Å²) in [7, 11) is 0. The summed E-state index contributed by atoms with van der Waals surface area (Å²) in [6.07, 6.45) is 9.81. The van der Waals surface area contributed by atoms with Gasteiger partial charge in [0.15, 0.2) is 0 Å². The quantitative estimate of drug-likeness (QED) is 0.539. The summed E-state index contributed by atoms with van der Waals surface area (Å²) in [5, 5.41) is 3.64. The molecule has 2 aromatic heterocycles. The van der Waals surface area contributed by atoms with E-state index in [1.807, 2.05) is 31.2 Å². The van der Waals surface area contributed by atoms with Crippen LogP contribution in [0.1, 0.15) is 37.8 Å². The summed E-state index contributed by atoms with van der Waals surface area (Å²) in [6, 6.07) is 9.38. The molecule has 1 atom stereocenters. The number of carbonyl (C=O) groups excluding carboxylic acids is 1. The highest BCUT2D eigenvalue weighted by Crippen LogP contribution is 2.34. The number of anilines is 2. The van der Waals surface area contributed by atoms with Crippen LogP contribution >= 0.6 is 11.9 Å². The Kier molecular flexibility index (Phi) is 6.00. The fourth-order valence-corrected chi connectivity index (χ4v) is 3.61.